The third-order valence-electron chi connectivity index (χ3n) is 1.18. The van der Waals surface area contributed by atoms with Gasteiger partial charge in [-0.25, -0.2) is 9.59 Å². The topological polar surface area (TPSA) is 63.6 Å². The van der Waals surface area contributed by atoms with Crippen LogP contribution in [0.15, 0.2) is 12.2 Å². The molecule has 85 valence electrons. The van der Waals surface area contributed by atoms with Crippen molar-refractivity contribution in [3.63, 3.8) is 0 Å². The third-order valence-corrected chi connectivity index (χ3v) is 2.19. The zero-order valence-electron chi connectivity index (χ0n) is 9.16. The molecule has 0 aromatic rings. The van der Waals surface area contributed by atoms with Crippen molar-refractivity contribution in [2.45, 2.75) is 31.1 Å². The molecular weight excluding hydrogens is 303 g/mol. The Labute approximate surface area is 104 Å². The fourth-order valence-corrected chi connectivity index (χ4v) is 1.52. The molecule has 0 amide bonds. The number of hydrogen-bond donors (Lipinski definition) is 1. The van der Waals surface area contributed by atoms with Gasteiger partial charge in [-0.3, -0.25) is 0 Å². The summed E-state index contributed by atoms with van der Waals surface area (Å²) in [5.74, 6) is -1.79. The first kappa shape index (κ1) is 16.9. The molecule has 5 heteroatoms. The van der Waals surface area contributed by atoms with Crippen molar-refractivity contribution in [3.05, 3.63) is 12.2 Å². The van der Waals surface area contributed by atoms with Crippen LogP contribution in [0.25, 0.3) is 0 Å². The standard InChI is InChI=1S/C6H8O4.C4H9.Sn/c1-2-10-6(9)4-3-5(7)8;1-3-4-2;/h3-4H,2H2,1H3,(H,7,8);1,3-4H2,2H3;. The van der Waals surface area contributed by atoms with E-state index >= 15 is 0 Å². The number of esters is 1. The molecule has 0 spiro atoms. The smallest absolute Gasteiger partial charge is 0.330 e. The van der Waals surface area contributed by atoms with E-state index in [0.717, 1.165) is 12.2 Å². The van der Waals surface area contributed by atoms with Crippen molar-refractivity contribution in [2.75, 3.05) is 6.61 Å². The molecule has 0 unspecified atom stereocenters. The average Bonchev–Trinajstić information content (AvgIpc) is 2.17. The Morgan fingerprint density at radius 3 is 2.20 bits per heavy atom. The van der Waals surface area contributed by atoms with Crippen LogP contribution in [0.1, 0.15) is 26.7 Å². The predicted octanol–water partition coefficient (Wildman–Crippen LogP) is 1.56. The van der Waals surface area contributed by atoms with E-state index in [1.54, 1.807) is 29.4 Å². The van der Waals surface area contributed by atoms with Gasteiger partial charge in [0.15, 0.2) is 0 Å². The summed E-state index contributed by atoms with van der Waals surface area (Å²) in [6.45, 7) is 4.12. The molecular formula is C10H17O4Sn. The van der Waals surface area contributed by atoms with Gasteiger partial charge in [0.25, 0.3) is 0 Å². The van der Waals surface area contributed by atoms with Gasteiger partial charge in [-0.2, -0.15) is 0 Å². The number of aliphatic carboxylic acids is 1. The number of rotatable bonds is 5. The van der Waals surface area contributed by atoms with Gasteiger partial charge in [-0.1, -0.05) is 0 Å². The molecule has 0 aromatic carbocycles. The second kappa shape index (κ2) is 13.5. The minimum Gasteiger partial charge on any atom is -0.478 e. The van der Waals surface area contributed by atoms with Crippen molar-refractivity contribution >= 4 is 34.5 Å². The number of carbonyl (C=O) groups is 2. The maximum Gasteiger partial charge on any atom is 0.330 e. The molecule has 0 bridgehead atoms. The number of carboxylic acid groups (broad SMARTS) is 1. The van der Waals surface area contributed by atoms with Crippen molar-refractivity contribution in [1.82, 2.24) is 0 Å². The summed E-state index contributed by atoms with van der Waals surface area (Å²) in [4.78, 5) is 20.2. The molecule has 1 N–H and O–H groups in total. The van der Waals surface area contributed by atoms with Gasteiger partial charge in [0.1, 0.15) is 0 Å². The number of carboxylic acids is 1. The number of ether oxygens (including phenoxy) is 1. The molecule has 0 rings (SSSR count). The number of hydrogen-bond acceptors (Lipinski definition) is 3. The second-order valence-corrected chi connectivity index (χ2v) is 3.95. The summed E-state index contributed by atoms with van der Waals surface area (Å²) in [6, 6.07) is 0. The Balaban J connectivity index is 0. The normalized spacial score (nSPS) is 9.27. The van der Waals surface area contributed by atoms with E-state index < -0.39 is 11.9 Å². The molecule has 0 aliphatic carbocycles. The van der Waals surface area contributed by atoms with E-state index in [9.17, 15) is 9.59 Å². The Hall–Kier alpha value is -0.521. The summed E-state index contributed by atoms with van der Waals surface area (Å²) in [5, 5.41) is 8.04. The SMILES string of the molecule is CCC[CH2][Sn].CCOC(=O)C=CC(=O)O. The van der Waals surface area contributed by atoms with E-state index in [1.807, 2.05) is 0 Å². The van der Waals surface area contributed by atoms with E-state index in [-0.39, 0.29) is 6.61 Å². The molecule has 0 aliphatic heterocycles. The van der Waals surface area contributed by atoms with E-state index in [4.69, 9.17) is 5.11 Å². The monoisotopic (exact) mass is 321 g/mol. The van der Waals surface area contributed by atoms with Gasteiger partial charge >= 0.3 is 58.7 Å². The van der Waals surface area contributed by atoms with Gasteiger partial charge in [0.2, 0.25) is 0 Å². The first-order valence-electron chi connectivity index (χ1n) is 4.80. The quantitative estimate of drug-likeness (QED) is 0.474. The molecule has 0 saturated heterocycles. The minimum atomic E-state index is -1.16. The third kappa shape index (κ3) is 19.8. The second-order valence-electron chi connectivity index (χ2n) is 2.53. The van der Waals surface area contributed by atoms with E-state index in [2.05, 4.69) is 11.7 Å². The molecule has 0 fully saturated rings. The zero-order chi connectivity index (χ0) is 12.1. The molecule has 4 nitrogen and oxygen atoms in total. The average molecular weight is 320 g/mol. The van der Waals surface area contributed by atoms with Crippen LogP contribution in [0.4, 0.5) is 0 Å². The summed E-state index contributed by atoms with van der Waals surface area (Å²) >= 11 is 1.68. The van der Waals surface area contributed by atoms with Crippen molar-refractivity contribution in [2.24, 2.45) is 0 Å². The Kier molecular flexibility index (Phi) is 15.2. The van der Waals surface area contributed by atoms with Gasteiger partial charge < -0.3 is 9.84 Å². The maximum atomic E-state index is 10.4. The fourth-order valence-electron chi connectivity index (χ4n) is 0.506. The molecule has 0 atom stereocenters. The number of carbonyl (C=O) groups excluding carboxylic acids is 1. The first-order valence-corrected chi connectivity index (χ1v) is 6.82. The molecule has 0 aromatic heterocycles. The van der Waals surface area contributed by atoms with Gasteiger partial charge in [-0.05, 0) is 6.92 Å². The summed E-state index contributed by atoms with van der Waals surface area (Å²) in [6.07, 6.45) is 4.40. The fraction of sp³-hybridized carbons (Fsp3) is 0.600. The summed E-state index contributed by atoms with van der Waals surface area (Å²) in [7, 11) is 0. The van der Waals surface area contributed by atoms with Crippen LogP contribution < -0.4 is 0 Å². The van der Waals surface area contributed by atoms with Gasteiger partial charge in [0, 0.05) is 12.2 Å². The Morgan fingerprint density at radius 1 is 1.33 bits per heavy atom. The van der Waals surface area contributed by atoms with Crippen LogP contribution in [-0.2, 0) is 14.3 Å². The van der Waals surface area contributed by atoms with Crippen LogP contribution in [-0.4, -0.2) is 46.2 Å². The Bertz CT molecular complexity index is 200. The number of unbranched alkanes of at least 4 members (excludes halogenated alkanes) is 1. The summed E-state index contributed by atoms with van der Waals surface area (Å²) < 4.78 is 5.84. The van der Waals surface area contributed by atoms with Crippen LogP contribution in [0.3, 0.4) is 0 Å². The molecule has 0 saturated carbocycles. The van der Waals surface area contributed by atoms with Crippen LogP contribution in [0, 0.1) is 0 Å². The molecule has 0 aliphatic rings. The largest absolute Gasteiger partial charge is 0.478 e. The minimum absolute atomic E-state index is 0.253. The van der Waals surface area contributed by atoms with E-state index in [1.165, 1.54) is 17.3 Å². The predicted molar refractivity (Wildman–Crippen MR) is 58.9 cm³/mol. The van der Waals surface area contributed by atoms with Crippen molar-refractivity contribution in [3.8, 4) is 0 Å². The van der Waals surface area contributed by atoms with Gasteiger partial charge in [0.05, 0.1) is 6.61 Å². The first-order chi connectivity index (χ1) is 7.08. The molecule has 15 heavy (non-hydrogen) atoms. The van der Waals surface area contributed by atoms with Crippen molar-refractivity contribution < 1.29 is 19.4 Å². The van der Waals surface area contributed by atoms with E-state index in [0.29, 0.717) is 0 Å². The van der Waals surface area contributed by atoms with Gasteiger partial charge in [-0.15, -0.1) is 0 Å². The summed E-state index contributed by atoms with van der Waals surface area (Å²) in [5.41, 5.74) is 0. The van der Waals surface area contributed by atoms with Crippen molar-refractivity contribution in [1.29, 1.82) is 0 Å². The Morgan fingerprint density at radius 2 is 1.93 bits per heavy atom. The van der Waals surface area contributed by atoms with Crippen LogP contribution >= 0.6 is 0 Å². The maximum absolute atomic E-state index is 10.4. The van der Waals surface area contributed by atoms with Crippen LogP contribution in [0.2, 0.25) is 4.44 Å². The molecule has 0 heterocycles. The zero-order valence-corrected chi connectivity index (χ0v) is 12.0. The molecule has 3 radical (unpaired) electrons. The van der Waals surface area contributed by atoms with Crippen LogP contribution in [0.5, 0.6) is 0 Å².